The van der Waals surface area contributed by atoms with Crippen LogP contribution in [0.25, 0.3) is 0 Å². The molecule has 2 rings (SSSR count). The van der Waals surface area contributed by atoms with Crippen LogP contribution >= 0.6 is 0 Å². The van der Waals surface area contributed by atoms with Gasteiger partial charge >= 0.3 is 0 Å². The average Bonchev–Trinajstić information content (AvgIpc) is 2.77. The lowest BCUT2D eigenvalue weighted by molar-refractivity contribution is -0.139. The van der Waals surface area contributed by atoms with E-state index >= 15 is 0 Å². The van der Waals surface area contributed by atoms with E-state index < -0.39 is 34.3 Å². The van der Waals surface area contributed by atoms with Crippen LogP contribution in [0.2, 0.25) is 0 Å². The van der Waals surface area contributed by atoms with E-state index in [-0.39, 0.29) is 18.5 Å². The number of nitrogens with one attached hydrogen (secondary N) is 1. The number of hydrogen-bond donors (Lipinski definition) is 1. The number of halogens is 1. The van der Waals surface area contributed by atoms with Crippen LogP contribution in [0.4, 0.5) is 10.1 Å². The van der Waals surface area contributed by atoms with E-state index in [1.807, 2.05) is 27.7 Å². The van der Waals surface area contributed by atoms with Gasteiger partial charge in [-0.25, -0.2) is 12.8 Å². The van der Waals surface area contributed by atoms with Gasteiger partial charge in [-0.2, -0.15) is 0 Å². The van der Waals surface area contributed by atoms with Crippen molar-refractivity contribution in [3.8, 4) is 0 Å². The summed E-state index contributed by atoms with van der Waals surface area (Å²) in [6.07, 6.45) is 1.76. The number of benzene rings is 2. The molecule has 0 aliphatic carbocycles. The Hall–Kier alpha value is -2.94. The second-order valence-corrected chi connectivity index (χ2v) is 10.6. The highest BCUT2D eigenvalue weighted by Crippen LogP contribution is 2.22. The third-order valence-corrected chi connectivity index (χ3v) is 7.03. The van der Waals surface area contributed by atoms with Crippen molar-refractivity contribution in [3.05, 3.63) is 65.0 Å². The van der Waals surface area contributed by atoms with Crippen molar-refractivity contribution in [1.82, 2.24) is 10.2 Å². The first-order chi connectivity index (χ1) is 15.8. The van der Waals surface area contributed by atoms with Gasteiger partial charge in [-0.05, 0) is 75.1 Å². The summed E-state index contributed by atoms with van der Waals surface area (Å²) in [7, 11) is -3.79. The number of nitrogens with zero attached hydrogens (tertiary/aromatic N) is 2. The van der Waals surface area contributed by atoms with Crippen molar-refractivity contribution in [2.24, 2.45) is 0 Å². The third-order valence-electron chi connectivity index (χ3n) is 5.89. The predicted octanol–water partition coefficient (Wildman–Crippen LogP) is 3.54. The van der Waals surface area contributed by atoms with E-state index in [0.717, 1.165) is 28.1 Å². The van der Waals surface area contributed by atoms with E-state index in [4.69, 9.17) is 0 Å². The smallest absolute Gasteiger partial charge is 0.244 e. The minimum Gasteiger partial charge on any atom is -0.352 e. The Morgan fingerprint density at radius 3 is 2.18 bits per heavy atom. The largest absolute Gasteiger partial charge is 0.352 e. The Morgan fingerprint density at radius 2 is 1.65 bits per heavy atom. The van der Waals surface area contributed by atoms with Crippen molar-refractivity contribution in [3.63, 3.8) is 0 Å². The Bertz CT molecular complexity index is 1120. The topological polar surface area (TPSA) is 86.8 Å². The molecule has 2 atom stereocenters. The number of carbonyl (C=O) groups excluding carboxylic acids is 2. The molecule has 0 radical (unpaired) electrons. The van der Waals surface area contributed by atoms with E-state index in [0.29, 0.717) is 11.3 Å². The SMILES string of the molecule is CC[C@H](C)NC(=O)[C@H](C)N(Cc1ccc(F)cc1)C(=O)CN(c1ccc(C)c(C)c1)S(C)(=O)=O. The second-order valence-electron chi connectivity index (χ2n) is 8.68. The summed E-state index contributed by atoms with van der Waals surface area (Å²) >= 11 is 0. The zero-order valence-electron chi connectivity index (χ0n) is 20.6. The van der Waals surface area contributed by atoms with Gasteiger partial charge in [0.05, 0.1) is 11.9 Å². The fraction of sp³-hybridized carbons (Fsp3) is 0.440. The lowest BCUT2D eigenvalue weighted by Crippen LogP contribution is -2.52. The van der Waals surface area contributed by atoms with Gasteiger partial charge in [-0.3, -0.25) is 13.9 Å². The van der Waals surface area contributed by atoms with Crippen molar-refractivity contribution in [1.29, 1.82) is 0 Å². The molecule has 2 amide bonds. The summed E-state index contributed by atoms with van der Waals surface area (Å²) in [5.41, 5.74) is 2.88. The van der Waals surface area contributed by atoms with Crippen LogP contribution in [0.3, 0.4) is 0 Å². The van der Waals surface area contributed by atoms with Crippen LogP contribution in [0, 0.1) is 19.7 Å². The molecule has 0 saturated carbocycles. The molecule has 186 valence electrons. The summed E-state index contributed by atoms with van der Waals surface area (Å²) in [6.45, 7) is 8.73. The average molecular weight is 492 g/mol. The maximum Gasteiger partial charge on any atom is 0.244 e. The van der Waals surface area contributed by atoms with Crippen LogP contribution in [-0.2, 0) is 26.2 Å². The van der Waals surface area contributed by atoms with Crippen LogP contribution in [0.1, 0.15) is 43.9 Å². The molecule has 0 unspecified atom stereocenters. The molecule has 2 aromatic carbocycles. The molecule has 7 nitrogen and oxygen atoms in total. The number of rotatable bonds is 10. The molecule has 0 saturated heterocycles. The van der Waals surface area contributed by atoms with Gasteiger partial charge in [0.15, 0.2) is 0 Å². The minimum atomic E-state index is -3.79. The fourth-order valence-electron chi connectivity index (χ4n) is 3.33. The Balaban J connectivity index is 2.39. The molecule has 2 aromatic rings. The van der Waals surface area contributed by atoms with E-state index in [9.17, 15) is 22.4 Å². The standard InChI is InChI=1S/C25H34FN3O4S/c1-7-19(4)27-25(31)20(5)28(15-21-9-11-22(26)12-10-21)24(30)16-29(34(6,32)33)23-13-8-17(2)18(3)14-23/h8-14,19-20H,7,15-16H2,1-6H3,(H,27,31)/t19-,20-/m0/s1. The fourth-order valence-corrected chi connectivity index (χ4v) is 4.17. The summed E-state index contributed by atoms with van der Waals surface area (Å²) in [5.74, 6) is -1.30. The maximum absolute atomic E-state index is 13.5. The van der Waals surface area contributed by atoms with Crippen LogP contribution in [0.15, 0.2) is 42.5 Å². The molecule has 0 bridgehead atoms. The first kappa shape index (κ1) is 27.3. The molecular weight excluding hydrogens is 457 g/mol. The molecule has 0 fully saturated rings. The van der Waals surface area contributed by atoms with E-state index in [1.165, 1.54) is 29.2 Å². The quantitative estimate of drug-likeness (QED) is 0.551. The van der Waals surface area contributed by atoms with Crippen molar-refractivity contribution in [2.75, 3.05) is 17.1 Å². The first-order valence-electron chi connectivity index (χ1n) is 11.2. The Labute approximate surface area is 202 Å². The van der Waals surface area contributed by atoms with Gasteiger partial charge in [0.25, 0.3) is 0 Å². The third kappa shape index (κ3) is 7.28. The van der Waals surface area contributed by atoms with Gasteiger partial charge < -0.3 is 10.2 Å². The maximum atomic E-state index is 13.5. The first-order valence-corrected chi connectivity index (χ1v) is 13.1. The minimum absolute atomic E-state index is 0.0265. The molecule has 1 N–H and O–H groups in total. The normalized spacial score (nSPS) is 13.1. The molecule has 0 aliphatic heterocycles. The van der Waals surface area contributed by atoms with Crippen LogP contribution in [0.5, 0.6) is 0 Å². The van der Waals surface area contributed by atoms with Gasteiger partial charge in [0.2, 0.25) is 21.8 Å². The lowest BCUT2D eigenvalue weighted by Gasteiger charge is -2.32. The number of sulfonamides is 1. The molecule has 0 aliphatic rings. The van der Waals surface area contributed by atoms with Gasteiger partial charge in [0.1, 0.15) is 18.4 Å². The van der Waals surface area contributed by atoms with Gasteiger partial charge in [0, 0.05) is 12.6 Å². The zero-order valence-corrected chi connectivity index (χ0v) is 21.4. The molecular formula is C25H34FN3O4S. The highest BCUT2D eigenvalue weighted by Gasteiger charge is 2.30. The lowest BCUT2D eigenvalue weighted by atomic mass is 10.1. The summed E-state index contributed by atoms with van der Waals surface area (Å²) in [6, 6.07) is 9.84. The Morgan fingerprint density at radius 1 is 1.03 bits per heavy atom. The summed E-state index contributed by atoms with van der Waals surface area (Å²) < 4.78 is 39.6. The monoisotopic (exact) mass is 491 g/mol. The number of aryl methyl sites for hydroxylation is 2. The highest BCUT2D eigenvalue weighted by molar-refractivity contribution is 7.92. The van der Waals surface area contributed by atoms with E-state index in [1.54, 1.807) is 25.1 Å². The molecule has 9 heteroatoms. The zero-order chi connectivity index (χ0) is 25.6. The van der Waals surface area contributed by atoms with Crippen LogP contribution < -0.4 is 9.62 Å². The number of anilines is 1. The summed E-state index contributed by atoms with van der Waals surface area (Å²) in [4.78, 5) is 27.6. The van der Waals surface area contributed by atoms with Crippen molar-refractivity contribution < 1.29 is 22.4 Å². The van der Waals surface area contributed by atoms with Gasteiger partial charge in [-0.1, -0.05) is 25.1 Å². The highest BCUT2D eigenvalue weighted by atomic mass is 32.2. The van der Waals surface area contributed by atoms with Crippen molar-refractivity contribution in [2.45, 2.75) is 59.7 Å². The number of amides is 2. The number of carbonyl (C=O) groups is 2. The van der Waals surface area contributed by atoms with Crippen LogP contribution in [-0.4, -0.2) is 50.0 Å². The van der Waals surface area contributed by atoms with E-state index in [2.05, 4.69) is 5.32 Å². The molecule has 0 heterocycles. The molecule has 0 spiro atoms. The predicted molar refractivity (Wildman–Crippen MR) is 132 cm³/mol. The summed E-state index contributed by atoms with van der Waals surface area (Å²) in [5, 5.41) is 2.86. The van der Waals surface area contributed by atoms with Gasteiger partial charge in [-0.15, -0.1) is 0 Å². The Kier molecular flexibility index (Phi) is 9.21. The molecule has 34 heavy (non-hydrogen) atoms. The number of hydrogen-bond acceptors (Lipinski definition) is 4. The molecule has 0 aromatic heterocycles. The second kappa shape index (κ2) is 11.5. The van der Waals surface area contributed by atoms with Crippen molar-refractivity contribution >= 4 is 27.5 Å².